The second-order valence-corrected chi connectivity index (χ2v) is 12.3. The maximum absolute atomic E-state index is 10.4. The Bertz CT molecular complexity index is 2920. The van der Waals surface area contributed by atoms with Crippen molar-refractivity contribution < 1.29 is 0 Å². The molecular formula is C45H25N5. The molecule has 230 valence electrons. The molecule has 5 heteroatoms. The predicted molar refractivity (Wildman–Crippen MR) is 200 cm³/mol. The first-order valence-corrected chi connectivity index (χ1v) is 16.3. The van der Waals surface area contributed by atoms with Crippen LogP contribution in [0.3, 0.4) is 0 Å². The van der Waals surface area contributed by atoms with Crippen LogP contribution in [-0.4, -0.2) is 9.13 Å². The lowest BCUT2D eigenvalue weighted by atomic mass is 9.92. The van der Waals surface area contributed by atoms with E-state index in [1.807, 2.05) is 47.0 Å². The molecule has 0 spiro atoms. The molecule has 9 aromatic rings. The molecular weight excluding hydrogens is 611 g/mol. The van der Waals surface area contributed by atoms with Crippen LogP contribution in [-0.2, 0) is 0 Å². The Morgan fingerprint density at radius 2 is 0.920 bits per heavy atom. The van der Waals surface area contributed by atoms with E-state index in [4.69, 9.17) is 0 Å². The largest absolute Gasteiger partial charge is 0.309 e. The van der Waals surface area contributed by atoms with Crippen LogP contribution in [0.25, 0.3) is 77.2 Å². The summed E-state index contributed by atoms with van der Waals surface area (Å²) in [6.45, 7) is 0. The van der Waals surface area contributed by atoms with Crippen molar-refractivity contribution in [3.05, 3.63) is 168 Å². The van der Waals surface area contributed by atoms with Gasteiger partial charge in [-0.15, -0.1) is 0 Å². The van der Waals surface area contributed by atoms with Gasteiger partial charge in [-0.2, -0.15) is 15.8 Å². The first kappa shape index (κ1) is 28.8. The number of fused-ring (bicyclic) bond motifs is 6. The molecule has 50 heavy (non-hydrogen) atoms. The Morgan fingerprint density at radius 1 is 0.360 bits per heavy atom. The summed E-state index contributed by atoms with van der Waals surface area (Å²) in [5.74, 6) is 0. The fourth-order valence-electron chi connectivity index (χ4n) is 7.45. The van der Waals surface area contributed by atoms with Gasteiger partial charge in [0.25, 0.3) is 0 Å². The normalized spacial score (nSPS) is 11.1. The Labute approximate surface area is 287 Å². The summed E-state index contributed by atoms with van der Waals surface area (Å²) in [4.78, 5) is 0. The minimum absolute atomic E-state index is 0.502. The third kappa shape index (κ3) is 4.31. The smallest absolute Gasteiger partial charge is 0.101 e. The van der Waals surface area contributed by atoms with Gasteiger partial charge in [-0.1, -0.05) is 91.0 Å². The van der Waals surface area contributed by atoms with Crippen LogP contribution in [0.2, 0.25) is 0 Å². The van der Waals surface area contributed by atoms with Crippen molar-refractivity contribution in [3.8, 4) is 51.8 Å². The number of nitriles is 3. The standard InChI is InChI=1S/C45H25N5/c46-26-29-18-22-43-39(23-29)38-21-17-30(27-47)24-45(38)50(43)44-25-31(19-20-32(44)28-48)33-9-1-2-10-34(33)35-11-3-6-14-40(35)49-41-15-7-4-12-36(41)37-13-5-8-16-42(37)49/h1-25H. The highest BCUT2D eigenvalue weighted by Gasteiger charge is 2.20. The molecule has 0 saturated heterocycles. The highest BCUT2D eigenvalue weighted by molar-refractivity contribution is 6.11. The van der Waals surface area contributed by atoms with E-state index in [1.165, 1.54) is 10.8 Å². The molecule has 0 aliphatic heterocycles. The van der Waals surface area contributed by atoms with Gasteiger partial charge >= 0.3 is 0 Å². The summed E-state index contributed by atoms with van der Waals surface area (Å²) in [5.41, 5.74) is 11.4. The SMILES string of the molecule is N#Cc1ccc2c(c1)c1ccc(C#N)cc1n2-c1cc(-c2ccccc2-c2ccccc2-n2c3ccccc3c3ccccc32)ccc1C#N. The van der Waals surface area contributed by atoms with E-state index in [9.17, 15) is 15.8 Å². The molecule has 0 fully saturated rings. The van der Waals surface area contributed by atoms with Crippen molar-refractivity contribution in [1.29, 1.82) is 15.8 Å². The van der Waals surface area contributed by atoms with E-state index in [0.717, 1.165) is 60.8 Å². The van der Waals surface area contributed by atoms with Crippen molar-refractivity contribution in [2.45, 2.75) is 0 Å². The fourth-order valence-corrected chi connectivity index (χ4v) is 7.45. The van der Waals surface area contributed by atoms with Gasteiger partial charge in [0.1, 0.15) is 6.07 Å². The summed E-state index contributed by atoms with van der Waals surface area (Å²) in [7, 11) is 0. The van der Waals surface area contributed by atoms with E-state index in [0.29, 0.717) is 22.4 Å². The van der Waals surface area contributed by atoms with E-state index in [1.54, 1.807) is 12.1 Å². The number of nitrogens with zero attached hydrogens (tertiary/aromatic N) is 5. The molecule has 2 heterocycles. The number of benzene rings is 7. The van der Waals surface area contributed by atoms with Crippen molar-refractivity contribution in [3.63, 3.8) is 0 Å². The molecule has 0 aliphatic carbocycles. The highest BCUT2D eigenvalue weighted by Crippen LogP contribution is 2.41. The van der Waals surface area contributed by atoms with Crippen LogP contribution < -0.4 is 0 Å². The zero-order valence-electron chi connectivity index (χ0n) is 26.7. The first-order valence-electron chi connectivity index (χ1n) is 16.3. The number of rotatable bonds is 4. The topological polar surface area (TPSA) is 81.2 Å². The molecule has 7 aromatic carbocycles. The molecule has 0 bridgehead atoms. The monoisotopic (exact) mass is 635 g/mol. The number of para-hydroxylation sites is 3. The number of hydrogen-bond donors (Lipinski definition) is 0. The minimum atomic E-state index is 0.502. The lowest BCUT2D eigenvalue weighted by Crippen LogP contribution is -2.00. The Kier molecular flexibility index (Phi) is 6.56. The Balaban J connectivity index is 1.29. The summed E-state index contributed by atoms with van der Waals surface area (Å²) in [6, 6.07) is 58.0. The van der Waals surface area contributed by atoms with Gasteiger partial charge in [0.05, 0.1) is 62.3 Å². The van der Waals surface area contributed by atoms with Gasteiger partial charge in [0.15, 0.2) is 0 Å². The van der Waals surface area contributed by atoms with Gasteiger partial charge in [0, 0.05) is 27.1 Å². The summed E-state index contributed by atoms with van der Waals surface area (Å²) < 4.78 is 4.39. The number of aromatic nitrogens is 2. The third-order valence-electron chi connectivity index (χ3n) is 9.64. The fraction of sp³-hybridized carbons (Fsp3) is 0. The van der Waals surface area contributed by atoms with Crippen LogP contribution >= 0.6 is 0 Å². The van der Waals surface area contributed by atoms with Crippen LogP contribution in [0.4, 0.5) is 0 Å². The highest BCUT2D eigenvalue weighted by atomic mass is 15.0. The maximum atomic E-state index is 10.4. The van der Waals surface area contributed by atoms with Crippen LogP contribution in [0.5, 0.6) is 0 Å². The Hall–Kier alpha value is -7.39. The van der Waals surface area contributed by atoms with Gasteiger partial charge < -0.3 is 9.13 Å². The Morgan fingerprint density at radius 3 is 1.64 bits per heavy atom. The van der Waals surface area contributed by atoms with Crippen molar-refractivity contribution >= 4 is 43.6 Å². The van der Waals surface area contributed by atoms with E-state index < -0.39 is 0 Å². The van der Waals surface area contributed by atoms with E-state index >= 15 is 0 Å². The zero-order chi connectivity index (χ0) is 33.8. The van der Waals surface area contributed by atoms with Crippen LogP contribution in [0, 0.1) is 34.0 Å². The van der Waals surface area contributed by atoms with Crippen molar-refractivity contribution in [1.82, 2.24) is 9.13 Å². The van der Waals surface area contributed by atoms with E-state index in [2.05, 4.69) is 120 Å². The molecule has 2 aromatic heterocycles. The number of hydrogen-bond acceptors (Lipinski definition) is 3. The molecule has 0 atom stereocenters. The maximum Gasteiger partial charge on any atom is 0.101 e. The molecule has 0 N–H and O–H groups in total. The van der Waals surface area contributed by atoms with Crippen LogP contribution in [0.15, 0.2) is 152 Å². The molecule has 0 unspecified atom stereocenters. The lowest BCUT2D eigenvalue weighted by Gasteiger charge is -2.18. The molecule has 0 saturated carbocycles. The van der Waals surface area contributed by atoms with Gasteiger partial charge in [-0.3, -0.25) is 0 Å². The van der Waals surface area contributed by atoms with Crippen molar-refractivity contribution in [2.75, 3.05) is 0 Å². The molecule has 0 radical (unpaired) electrons. The summed E-state index contributed by atoms with van der Waals surface area (Å²) >= 11 is 0. The van der Waals surface area contributed by atoms with Crippen LogP contribution in [0.1, 0.15) is 16.7 Å². The second kappa shape index (κ2) is 11.4. The molecule has 9 rings (SSSR count). The predicted octanol–water partition coefficient (Wildman–Crippen LogP) is 10.8. The molecule has 0 aliphatic rings. The average Bonchev–Trinajstić information content (AvgIpc) is 3.69. The quantitative estimate of drug-likeness (QED) is 0.193. The lowest BCUT2D eigenvalue weighted by molar-refractivity contribution is 1.17. The molecule has 5 nitrogen and oxygen atoms in total. The minimum Gasteiger partial charge on any atom is -0.309 e. The van der Waals surface area contributed by atoms with Gasteiger partial charge in [-0.25, -0.2) is 0 Å². The van der Waals surface area contributed by atoms with E-state index in [-0.39, 0.29) is 0 Å². The molecule has 0 amide bonds. The van der Waals surface area contributed by atoms with Gasteiger partial charge in [-0.05, 0) is 77.4 Å². The summed E-state index contributed by atoms with van der Waals surface area (Å²) in [6.07, 6.45) is 0. The summed E-state index contributed by atoms with van der Waals surface area (Å²) in [5, 5.41) is 34.1. The average molecular weight is 636 g/mol. The van der Waals surface area contributed by atoms with Crippen molar-refractivity contribution in [2.24, 2.45) is 0 Å². The second-order valence-electron chi connectivity index (χ2n) is 12.3. The third-order valence-corrected chi connectivity index (χ3v) is 9.64. The van der Waals surface area contributed by atoms with Gasteiger partial charge in [0.2, 0.25) is 0 Å². The first-order chi connectivity index (χ1) is 24.7. The zero-order valence-corrected chi connectivity index (χ0v) is 26.7.